The molecule has 0 aliphatic carbocycles. The molecule has 1 unspecified atom stereocenters. The number of amides is 2. The number of aromatic nitrogens is 2. The van der Waals surface area contributed by atoms with Gasteiger partial charge in [-0.25, -0.2) is 14.8 Å². The van der Waals surface area contributed by atoms with Crippen molar-refractivity contribution in [2.45, 2.75) is 50.4 Å². The summed E-state index contributed by atoms with van der Waals surface area (Å²) in [6.45, 7) is 6.33. The molecule has 1 fully saturated rings. The molecule has 1 atom stereocenters. The summed E-state index contributed by atoms with van der Waals surface area (Å²) in [6.07, 6.45) is 3.04. The van der Waals surface area contributed by atoms with E-state index in [1.807, 2.05) is 20.8 Å². The van der Waals surface area contributed by atoms with Gasteiger partial charge in [-0.3, -0.25) is 4.79 Å². The number of halogens is 2. The van der Waals surface area contributed by atoms with Gasteiger partial charge in [-0.15, -0.1) is 0 Å². The van der Waals surface area contributed by atoms with Gasteiger partial charge in [0.05, 0.1) is 6.04 Å². The van der Waals surface area contributed by atoms with Crippen LogP contribution in [0.1, 0.15) is 44.0 Å². The van der Waals surface area contributed by atoms with Crippen LogP contribution in [-0.4, -0.2) is 57.9 Å². The minimum Gasteiger partial charge on any atom is -0.444 e. The number of ether oxygens (including phenoxy) is 1. The van der Waals surface area contributed by atoms with Crippen LogP contribution in [0.5, 0.6) is 0 Å². The highest BCUT2D eigenvalue weighted by atomic mass is 35.5. The van der Waals surface area contributed by atoms with Crippen LogP contribution in [0.25, 0.3) is 0 Å². The van der Waals surface area contributed by atoms with Gasteiger partial charge in [0.15, 0.2) is 5.16 Å². The van der Waals surface area contributed by atoms with Gasteiger partial charge < -0.3 is 15.0 Å². The Bertz CT molecular complexity index is 674. The summed E-state index contributed by atoms with van der Waals surface area (Å²) in [5, 5.41) is 3.16. The fourth-order valence-electron chi connectivity index (χ4n) is 2.58. The van der Waals surface area contributed by atoms with Crippen molar-refractivity contribution in [1.82, 2.24) is 20.2 Å². The van der Waals surface area contributed by atoms with Crippen molar-refractivity contribution in [3.63, 3.8) is 0 Å². The zero-order chi connectivity index (χ0) is 19.5. The molecule has 0 bridgehead atoms. The first-order chi connectivity index (χ1) is 12.1. The largest absolute Gasteiger partial charge is 0.444 e. The Morgan fingerprint density at radius 3 is 2.46 bits per heavy atom. The lowest BCUT2D eigenvalue weighted by molar-refractivity contribution is 0.0225. The van der Waals surface area contributed by atoms with Crippen LogP contribution in [0, 0.1) is 0 Å². The first-order valence-corrected chi connectivity index (χ1v) is 10.2. The maximum absolute atomic E-state index is 12.4. The maximum Gasteiger partial charge on any atom is 0.410 e. The van der Waals surface area contributed by atoms with E-state index >= 15 is 0 Å². The highest BCUT2D eigenvalue weighted by Crippen LogP contribution is 2.25. The Labute approximate surface area is 167 Å². The van der Waals surface area contributed by atoms with Gasteiger partial charge >= 0.3 is 6.09 Å². The van der Waals surface area contributed by atoms with E-state index in [2.05, 4.69) is 15.3 Å². The second kappa shape index (κ2) is 8.63. The highest BCUT2D eigenvalue weighted by Gasteiger charge is 2.32. The van der Waals surface area contributed by atoms with Crippen LogP contribution in [0.4, 0.5) is 4.79 Å². The van der Waals surface area contributed by atoms with E-state index in [1.165, 1.54) is 11.8 Å². The minimum absolute atomic E-state index is 0.00210. The predicted octanol–water partition coefficient (Wildman–Crippen LogP) is 3.63. The molecule has 2 amide bonds. The standard InChI is InChI=1S/C16H22Cl2N4O3S/c1-16(2,3)25-15(24)22-7-5-6-9(22)8-19-13(23)10-11(17)20-14(26-4)21-12(10)18/h9H,5-8H2,1-4H3,(H,19,23). The number of thioether (sulfide) groups is 1. The highest BCUT2D eigenvalue weighted by molar-refractivity contribution is 7.98. The van der Waals surface area contributed by atoms with E-state index in [4.69, 9.17) is 27.9 Å². The van der Waals surface area contributed by atoms with E-state index in [0.717, 1.165) is 12.8 Å². The molecule has 26 heavy (non-hydrogen) atoms. The molecule has 1 saturated heterocycles. The number of rotatable bonds is 4. The maximum atomic E-state index is 12.4. The van der Waals surface area contributed by atoms with Crippen LogP contribution in [0.2, 0.25) is 10.3 Å². The molecule has 1 aliphatic heterocycles. The molecule has 0 radical (unpaired) electrons. The van der Waals surface area contributed by atoms with Gasteiger partial charge in [0, 0.05) is 13.1 Å². The third-order valence-electron chi connectivity index (χ3n) is 3.71. The first-order valence-electron chi connectivity index (χ1n) is 8.17. The molecule has 7 nitrogen and oxygen atoms in total. The molecular weight excluding hydrogens is 399 g/mol. The third kappa shape index (κ3) is 5.37. The summed E-state index contributed by atoms with van der Waals surface area (Å²) in [4.78, 5) is 34.4. The van der Waals surface area contributed by atoms with Crippen LogP contribution < -0.4 is 5.32 Å². The van der Waals surface area contributed by atoms with Gasteiger partial charge in [-0.05, 0) is 39.9 Å². The zero-order valence-electron chi connectivity index (χ0n) is 15.1. The number of carbonyl (C=O) groups excluding carboxylic acids is 2. The number of likely N-dealkylation sites (tertiary alicyclic amines) is 1. The average molecular weight is 421 g/mol. The van der Waals surface area contributed by atoms with Crippen LogP contribution in [0.3, 0.4) is 0 Å². The molecule has 1 N–H and O–H groups in total. The van der Waals surface area contributed by atoms with Gasteiger partial charge in [0.1, 0.15) is 21.5 Å². The summed E-state index contributed by atoms with van der Waals surface area (Å²) < 4.78 is 5.42. The topological polar surface area (TPSA) is 84.4 Å². The molecule has 2 rings (SSSR count). The van der Waals surface area contributed by atoms with E-state index in [0.29, 0.717) is 11.7 Å². The number of hydrogen-bond acceptors (Lipinski definition) is 6. The van der Waals surface area contributed by atoms with Crippen molar-refractivity contribution in [2.24, 2.45) is 0 Å². The monoisotopic (exact) mass is 420 g/mol. The Morgan fingerprint density at radius 1 is 1.31 bits per heavy atom. The summed E-state index contributed by atoms with van der Waals surface area (Å²) >= 11 is 13.4. The minimum atomic E-state index is -0.565. The number of nitrogens with one attached hydrogen (secondary N) is 1. The SMILES string of the molecule is CSc1nc(Cl)c(C(=O)NCC2CCCN2C(=O)OC(C)(C)C)c(Cl)n1. The lowest BCUT2D eigenvalue weighted by Crippen LogP contribution is -2.45. The molecule has 0 saturated carbocycles. The lowest BCUT2D eigenvalue weighted by Gasteiger charge is -2.28. The summed E-state index contributed by atoms with van der Waals surface area (Å²) in [7, 11) is 0. The van der Waals surface area contributed by atoms with E-state index in [1.54, 1.807) is 11.2 Å². The van der Waals surface area contributed by atoms with E-state index < -0.39 is 11.5 Å². The smallest absolute Gasteiger partial charge is 0.410 e. The van der Waals surface area contributed by atoms with Crippen molar-refractivity contribution in [1.29, 1.82) is 0 Å². The molecule has 10 heteroatoms. The van der Waals surface area contributed by atoms with E-state index in [-0.39, 0.29) is 34.5 Å². The van der Waals surface area contributed by atoms with Gasteiger partial charge in [0.25, 0.3) is 5.91 Å². The van der Waals surface area contributed by atoms with Gasteiger partial charge in [-0.1, -0.05) is 35.0 Å². The normalized spacial score (nSPS) is 17.3. The van der Waals surface area contributed by atoms with Crippen LogP contribution >= 0.6 is 35.0 Å². The van der Waals surface area contributed by atoms with Crippen molar-refractivity contribution < 1.29 is 14.3 Å². The second-order valence-electron chi connectivity index (χ2n) is 6.85. The first kappa shape index (κ1) is 21.1. The fourth-order valence-corrected chi connectivity index (χ4v) is 3.60. The molecule has 1 aromatic heterocycles. The number of nitrogens with zero attached hydrogens (tertiary/aromatic N) is 3. The van der Waals surface area contributed by atoms with Crippen LogP contribution in [0.15, 0.2) is 5.16 Å². The Morgan fingerprint density at radius 2 is 1.92 bits per heavy atom. The van der Waals surface area contributed by atoms with Gasteiger partial charge in [0.2, 0.25) is 0 Å². The molecular formula is C16H22Cl2N4O3S. The Hall–Kier alpha value is -1.25. The predicted molar refractivity (Wildman–Crippen MR) is 102 cm³/mol. The van der Waals surface area contributed by atoms with Crippen molar-refractivity contribution in [2.75, 3.05) is 19.3 Å². The number of hydrogen-bond donors (Lipinski definition) is 1. The van der Waals surface area contributed by atoms with Crippen molar-refractivity contribution in [3.05, 3.63) is 15.9 Å². The zero-order valence-corrected chi connectivity index (χ0v) is 17.5. The molecule has 1 aliphatic rings. The summed E-state index contributed by atoms with van der Waals surface area (Å²) in [5.41, 5.74) is -0.529. The summed E-state index contributed by atoms with van der Waals surface area (Å²) in [5.74, 6) is -0.469. The van der Waals surface area contributed by atoms with Gasteiger partial charge in [-0.2, -0.15) is 0 Å². The second-order valence-corrected chi connectivity index (χ2v) is 8.34. The Kier molecular flexibility index (Phi) is 6.99. The van der Waals surface area contributed by atoms with Crippen molar-refractivity contribution in [3.8, 4) is 0 Å². The average Bonchev–Trinajstić information content (AvgIpc) is 2.99. The molecule has 2 heterocycles. The number of carbonyl (C=O) groups is 2. The van der Waals surface area contributed by atoms with Crippen LogP contribution in [-0.2, 0) is 4.74 Å². The quantitative estimate of drug-likeness (QED) is 0.454. The van der Waals surface area contributed by atoms with E-state index in [9.17, 15) is 9.59 Å². The molecule has 0 aromatic carbocycles. The third-order valence-corrected chi connectivity index (χ3v) is 4.81. The molecule has 0 spiro atoms. The molecule has 1 aromatic rings. The lowest BCUT2D eigenvalue weighted by atomic mass is 10.2. The molecule has 144 valence electrons. The van der Waals surface area contributed by atoms with Crippen molar-refractivity contribution >= 4 is 47.0 Å². The summed E-state index contributed by atoms with van der Waals surface area (Å²) in [6, 6.07) is -0.141. The fraction of sp³-hybridized carbons (Fsp3) is 0.625. The Balaban J connectivity index is 2.02.